The third-order valence-corrected chi connectivity index (χ3v) is 5.26. The van der Waals surface area contributed by atoms with Crippen molar-refractivity contribution in [2.24, 2.45) is 0 Å². The van der Waals surface area contributed by atoms with Crippen LogP contribution in [0.25, 0.3) is 0 Å². The van der Waals surface area contributed by atoms with E-state index in [0.717, 1.165) is 26.3 Å². The van der Waals surface area contributed by atoms with Crippen LogP contribution in [0.15, 0.2) is 30.3 Å². The fourth-order valence-corrected chi connectivity index (χ4v) is 0.428. The predicted molar refractivity (Wildman–Crippen MR) is 51.3 cm³/mol. The molecule has 1 aromatic carbocycles. The molecule has 0 aliphatic rings. The average Bonchev–Trinajstić information content (AvgIpc) is 2.07. The molecular weight excluding hydrogens is 270 g/mol. The minimum absolute atomic E-state index is 0.322. The standard InChI is InChI=1S/C6H6O.C2H6Se2/c7-6-4-2-1-3-5-6;1-3-4-2/h1-5,7H;1-2H3. The zero-order valence-corrected chi connectivity index (χ0v) is 10.1. The molecule has 0 spiro atoms. The van der Waals surface area contributed by atoms with Gasteiger partial charge in [-0.25, -0.2) is 0 Å². The van der Waals surface area contributed by atoms with E-state index in [0.29, 0.717) is 5.75 Å². The molecule has 0 heterocycles. The summed E-state index contributed by atoms with van der Waals surface area (Å²) >= 11 is 1.96. The second kappa shape index (κ2) is 8.16. The summed E-state index contributed by atoms with van der Waals surface area (Å²) in [4.78, 5) is 0. The van der Waals surface area contributed by atoms with Crippen molar-refractivity contribution in [1.29, 1.82) is 0 Å². The van der Waals surface area contributed by atoms with E-state index in [9.17, 15) is 0 Å². The van der Waals surface area contributed by atoms with Gasteiger partial charge in [0.05, 0.1) is 0 Å². The van der Waals surface area contributed by atoms with Crippen LogP contribution in [-0.2, 0) is 0 Å². The van der Waals surface area contributed by atoms with Crippen LogP contribution in [-0.4, -0.2) is 31.4 Å². The Kier molecular flexibility index (Phi) is 8.20. The molecule has 0 aliphatic heterocycles. The molecule has 0 saturated heterocycles. The van der Waals surface area contributed by atoms with Gasteiger partial charge in [-0.05, 0) is 12.1 Å². The van der Waals surface area contributed by atoms with E-state index in [1.54, 1.807) is 24.3 Å². The molecule has 0 aromatic heterocycles. The second-order valence-corrected chi connectivity index (χ2v) is 10.3. The molecule has 3 heteroatoms. The SMILES string of the molecule is C[Se][Se]C.Oc1ccccc1. The molecule has 1 nitrogen and oxygen atoms in total. The van der Waals surface area contributed by atoms with Crippen molar-refractivity contribution in [3.63, 3.8) is 0 Å². The fourth-order valence-electron chi connectivity index (χ4n) is 0.428. The Morgan fingerprint density at radius 3 is 1.64 bits per heavy atom. The van der Waals surface area contributed by atoms with Crippen molar-refractivity contribution in [3.05, 3.63) is 30.3 Å². The molecule has 0 atom stereocenters. The molecule has 0 fully saturated rings. The molecule has 1 aromatic rings. The number of benzene rings is 1. The van der Waals surface area contributed by atoms with E-state index in [4.69, 9.17) is 5.11 Å². The fraction of sp³-hybridized carbons (Fsp3) is 0.250. The first-order chi connectivity index (χ1) is 5.31. The molecule has 11 heavy (non-hydrogen) atoms. The Balaban J connectivity index is 0.000000218. The minimum atomic E-state index is 0.322. The van der Waals surface area contributed by atoms with Crippen molar-refractivity contribution in [2.75, 3.05) is 0 Å². The van der Waals surface area contributed by atoms with E-state index < -0.39 is 0 Å². The Morgan fingerprint density at radius 1 is 1.00 bits per heavy atom. The van der Waals surface area contributed by atoms with E-state index >= 15 is 0 Å². The summed E-state index contributed by atoms with van der Waals surface area (Å²) in [7, 11) is 0. The van der Waals surface area contributed by atoms with Gasteiger partial charge in [-0.3, -0.25) is 0 Å². The zero-order chi connectivity index (χ0) is 8.53. The van der Waals surface area contributed by atoms with E-state index in [-0.39, 0.29) is 0 Å². The smallest absolute Gasteiger partial charge is 0.115 e. The van der Waals surface area contributed by atoms with Gasteiger partial charge in [0.15, 0.2) is 0 Å². The number of hydrogen-bond donors (Lipinski definition) is 1. The molecule has 0 unspecified atom stereocenters. The Hall–Kier alpha value is 0.0590. The molecule has 62 valence electrons. The number of phenols is 1. The van der Waals surface area contributed by atoms with Crippen molar-refractivity contribution in [2.45, 2.75) is 11.6 Å². The topological polar surface area (TPSA) is 20.2 Å². The molecule has 1 rings (SSSR count). The molecule has 1 N–H and O–H groups in total. The van der Waals surface area contributed by atoms with Gasteiger partial charge in [-0.1, -0.05) is 18.2 Å². The first-order valence-corrected chi connectivity index (χ1v) is 10.9. The van der Waals surface area contributed by atoms with Crippen LogP contribution in [0.5, 0.6) is 5.75 Å². The van der Waals surface area contributed by atoms with Crippen LogP contribution in [0.4, 0.5) is 0 Å². The molecular formula is C8H12OSe2. The van der Waals surface area contributed by atoms with Gasteiger partial charge in [0.25, 0.3) is 0 Å². The summed E-state index contributed by atoms with van der Waals surface area (Å²) in [6.45, 7) is 0. The molecule has 0 saturated carbocycles. The van der Waals surface area contributed by atoms with Gasteiger partial charge in [-0.15, -0.1) is 0 Å². The van der Waals surface area contributed by atoms with Gasteiger partial charge >= 0.3 is 37.9 Å². The molecule has 0 radical (unpaired) electrons. The molecule has 0 aliphatic carbocycles. The average molecular weight is 282 g/mol. The van der Waals surface area contributed by atoms with Crippen molar-refractivity contribution in [1.82, 2.24) is 0 Å². The zero-order valence-electron chi connectivity index (χ0n) is 6.65. The van der Waals surface area contributed by atoms with Crippen LogP contribution < -0.4 is 0 Å². The maximum Gasteiger partial charge on any atom is 0.115 e. The summed E-state index contributed by atoms with van der Waals surface area (Å²) in [6, 6.07) is 8.71. The minimum Gasteiger partial charge on any atom is -0.508 e. The Morgan fingerprint density at radius 2 is 1.45 bits per heavy atom. The largest absolute Gasteiger partial charge is 0.508 e. The van der Waals surface area contributed by atoms with E-state index in [2.05, 4.69) is 11.6 Å². The van der Waals surface area contributed by atoms with Crippen molar-refractivity contribution >= 4 is 26.3 Å². The summed E-state index contributed by atoms with van der Waals surface area (Å²) in [5, 5.41) is 8.63. The third-order valence-electron chi connectivity index (χ3n) is 0.923. The van der Waals surface area contributed by atoms with Crippen molar-refractivity contribution < 1.29 is 5.11 Å². The number of para-hydroxylation sites is 1. The van der Waals surface area contributed by atoms with Crippen LogP contribution in [0.2, 0.25) is 11.6 Å². The van der Waals surface area contributed by atoms with Crippen molar-refractivity contribution in [3.8, 4) is 5.75 Å². The summed E-state index contributed by atoms with van der Waals surface area (Å²) in [6.07, 6.45) is 0. The van der Waals surface area contributed by atoms with Gasteiger partial charge in [0, 0.05) is 0 Å². The summed E-state index contributed by atoms with van der Waals surface area (Å²) in [5.41, 5.74) is 0. The number of rotatable bonds is 1. The Labute approximate surface area is 79.1 Å². The van der Waals surface area contributed by atoms with Crippen LogP contribution in [0.3, 0.4) is 0 Å². The van der Waals surface area contributed by atoms with Crippen LogP contribution in [0, 0.1) is 0 Å². The van der Waals surface area contributed by atoms with Crippen LogP contribution >= 0.6 is 0 Å². The van der Waals surface area contributed by atoms with Crippen LogP contribution in [0.1, 0.15) is 0 Å². The van der Waals surface area contributed by atoms with E-state index in [1.165, 1.54) is 0 Å². The van der Waals surface area contributed by atoms with Gasteiger partial charge in [0.1, 0.15) is 5.75 Å². The second-order valence-electron chi connectivity index (χ2n) is 1.67. The molecule has 0 bridgehead atoms. The monoisotopic (exact) mass is 284 g/mol. The van der Waals surface area contributed by atoms with Gasteiger partial charge < -0.3 is 5.11 Å². The number of aromatic hydroxyl groups is 1. The number of phenolic OH excluding ortho intramolecular Hbond substituents is 1. The maximum absolute atomic E-state index is 8.63. The first-order valence-electron chi connectivity index (χ1n) is 3.12. The normalized spacial score (nSPS) is 8.18. The maximum atomic E-state index is 8.63. The summed E-state index contributed by atoms with van der Waals surface area (Å²) in [5.74, 6) is 4.86. The molecule has 0 amide bonds. The predicted octanol–water partition coefficient (Wildman–Crippen LogP) is 1.80. The quantitative estimate of drug-likeness (QED) is 0.779. The first kappa shape index (κ1) is 11.1. The Bertz CT molecular complexity index is 163. The van der Waals surface area contributed by atoms with Gasteiger partial charge in [0.2, 0.25) is 0 Å². The van der Waals surface area contributed by atoms with Gasteiger partial charge in [-0.2, -0.15) is 0 Å². The number of hydrogen-bond acceptors (Lipinski definition) is 1. The summed E-state index contributed by atoms with van der Waals surface area (Å²) < 4.78 is 0. The van der Waals surface area contributed by atoms with E-state index in [1.807, 2.05) is 6.07 Å². The third kappa shape index (κ3) is 7.96.